The minimum Gasteiger partial charge on any atom is -0.431 e. The van der Waals surface area contributed by atoms with Crippen LogP contribution in [0.5, 0.6) is 0 Å². The van der Waals surface area contributed by atoms with Crippen LogP contribution in [-0.2, 0) is 10.1 Å². The fourth-order valence-corrected chi connectivity index (χ4v) is 1.06. The normalized spacial score (nSPS) is 10.7. The van der Waals surface area contributed by atoms with E-state index in [1.54, 1.807) is 12.1 Å². The summed E-state index contributed by atoms with van der Waals surface area (Å²) in [6, 6.07) is 9.12. The Morgan fingerprint density at radius 3 is 2.35 bits per heavy atom. The van der Waals surface area contributed by atoms with Crippen LogP contribution in [0.3, 0.4) is 0 Å². The molecule has 5 nitrogen and oxygen atoms in total. The summed E-state index contributed by atoms with van der Waals surface area (Å²) in [6.07, 6.45) is 1.41. The van der Waals surface area contributed by atoms with Crippen LogP contribution in [0.4, 0.5) is 0 Å². The van der Waals surface area contributed by atoms with Gasteiger partial charge in [-0.05, 0) is 24.4 Å². The van der Waals surface area contributed by atoms with Gasteiger partial charge in [-0.3, -0.25) is 4.55 Å². The SMILES string of the molecule is CCS(=O)(=O)O.O=c1occc2ccccc12. The highest BCUT2D eigenvalue weighted by Crippen LogP contribution is 2.06. The third kappa shape index (κ3) is 4.38. The lowest BCUT2D eigenvalue weighted by molar-refractivity contribution is 0.484. The molecule has 0 radical (unpaired) electrons. The molecule has 92 valence electrons. The molecule has 0 aliphatic heterocycles. The Labute approximate surface area is 98.4 Å². The number of fused-ring (bicyclic) bond motifs is 1. The molecule has 2 aromatic rings. The second-order valence-electron chi connectivity index (χ2n) is 3.17. The van der Waals surface area contributed by atoms with Gasteiger partial charge in [-0.25, -0.2) is 4.79 Å². The molecule has 1 aromatic heterocycles. The highest BCUT2D eigenvalue weighted by atomic mass is 32.2. The van der Waals surface area contributed by atoms with Crippen molar-refractivity contribution in [2.75, 3.05) is 5.75 Å². The second-order valence-corrected chi connectivity index (χ2v) is 4.91. The van der Waals surface area contributed by atoms with Gasteiger partial charge in [-0.15, -0.1) is 0 Å². The van der Waals surface area contributed by atoms with Crippen molar-refractivity contribution >= 4 is 20.9 Å². The molecule has 0 aliphatic carbocycles. The number of hydrogen-bond acceptors (Lipinski definition) is 4. The Morgan fingerprint density at radius 2 is 1.82 bits per heavy atom. The van der Waals surface area contributed by atoms with Crippen molar-refractivity contribution in [3.8, 4) is 0 Å². The number of hydrogen-bond donors (Lipinski definition) is 1. The van der Waals surface area contributed by atoms with E-state index < -0.39 is 10.1 Å². The monoisotopic (exact) mass is 256 g/mol. The summed E-state index contributed by atoms with van der Waals surface area (Å²) in [6.45, 7) is 1.37. The average molecular weight is 256 g/mol. The van der Waals surface area contributed by atoms with E-state index >= 15 is 0 Å². The van der Waals surface area contributed by atoms with E-state index in [1.807, 2.05) is 18.2 Å². The van der Waals surface area contributed by atoms with Gasteiger partial charge in [0.25, 0.3) is 10.1 Å². The minimum atomic E-state index is -3.66. The van der Waals surface area contributed by atoms with Crippen molar-refractivity contribution < 1.29 is 17.4 Å². The van der Waals surface area contributed by atoms with Gasteiger partial charge < -0.3 is 4.42 Å². The fraction of sp³-hybridized carbons (Fsp3) is 0.182. The van der Waals surface area contributed by atoms with Gasteiger partial charge in [-0.2, -0.15) is 8.42 Å². The number of benzene rings is 1. The first-order valence-electron chi connectivity index (χ1n) is 4.85. The molecule has 0 spiro atoms. The van der Waals surface area contributed by atoms with Gasteiger partial charge in [0.05, 0.1) is 17.4 Å². The lowest BCUT2D eigenvalue weighted by atomic mass is 10.2. The molecule has 0 saturated heterocycles. The molecule has 1 N–H and O–H groups in total. The van der Waals surface area contributed by atoms with Gasteiger partial charge in [0, 0.05) is 0 Å². The molecule has 0 bridgehead atoms. The summed E-state index contributed by atoms with van der Waals surface area (Å²) in [5.41, 5.74) is -0.275. The molecule has 0 fully saturated rings. The molecular formula is C11H12O5S. The Bertz CT molecular complexity index is 637. The summed E-state index contributed by atoms with van der Waals surface area (Å²) in [7, 11) is -3.66. The fourth-order valence-electron chi connectivity index (χ4n) is 1.06. The largest absolute Gasteiger partial charge is 0.431 e. The van der Waals surface area contributed by atoms with Gasteiger partial charge in [0.15, 0.2) is 0 Å². The summed E-state index contributed by atoms with van der Waals surface area (Å²) in [5, 5.41) is 1.55. The zero-order chi connectivity index (χ0) is 12.9. The van der Waals surface area contributed by atoms with E-state index in [2.05, 4.69) is 4.42 Å². The van der Waals surface area contributed by atoms with Crippen molar-refractivity contribution in [3.05, 3.63) is 47.0 Å². The Hall–Kier alpha value is -1.66. The smallest absolute Gasteiger partial charge is 0.343 e. The molecule has 17 heavy (non-hydrogen) atoms. The van der Waals surface area contributed by atoms with Crippen LogP contribution < -0.4 is 5.63 Å². The van der Waals surface area contributed by atoms with Gasteiger partial charge >= 0.3 is 5.63 Å². The van der Waals surface area contributed by atoms with E-state index in [0.717, 1.165) is 5.39 Å². The van der Waals surface area contributed by atoms with Crippen LogP contribution in [0.1, 0.15) is 6.92 Å². The van der Waals surface area contributed by atoms with E-state index in [-0.39, 0.29) is 11.4 Å². The van der Waals surface area contributed by atoms with Crippen molar-refractivity contribution in [2.45, 2.75) is 6.92 Å². The topological polar surface area (TPSA) is 84.6 Å². The molecule has 0 unspecified atom stereocenters. The molecule has 1 heterocycles. The highest BCUT2D eigenvalue weighted by Gasteiger charge is 1.95. The predicted octanol–water partition coefficient (Wildman–Crippen LogP) is 1.69. The molecule has 0 saturated carbocycles. The van der Waals surface area contributed by atoms with Crippen LogP contribution in [-0.4, -0.2) is 18.7 Å². The zero-order valence-corrected chi connectivity index (χ0v) is 9.98. The Morgan fingerprint density at radius 1 is 1.24 bits per heavy atom. The maximum atomic E-state index is 11.0. The van der Waals surface area contributed by atoms with E-state index in [1.165, 1.54) is 13.2 Å². The summed E-state index contributed by atoms with van der Waals surface area (Å²) in [4.78, 5) is 11.0. The summed E-state index contributed by atoms with van der Waals surface area (Å²) >= 11 is 0. The van der Waals surface area contributed by atoms with Crippen molar-refractivity contribution in [2.24, 2.45) is 0 Å². The number of rotatable bonds is 1. The van der Waals surface area contributed by atoms with Crippen LogP contribution in [0.15, 0.2) is 45.8 Å². The molecule has 0 aliphatic rings. The van der Waals surface area contributed by atoms with E-state index in [9.17, 15) is 13.2 Å². The molecule has 1 aromatic carbocycles. The lowest BCUT2D eigenvalue weighted by Crippen LogP contribution is -1.97. The van der Waals surface area contributed by atoms with Crippen molar-refractivity contribution in [3.63, 3.8) is 0 Å². The van der Waals surface area contributed by atoms with Gasteiger partial charge in [-0.1, -0.05) is 18.2 Å². The van der Waals surface area contributed by atoms with Gasteiger partial charge in [0.1, 0.15) is 0 Å². The van der Waals surface area contributed by atoms with Crippen molar-refractivity contribution in [1.82, 2.24) is 0 Å². The molecule has 6 heteroatoms. The lowest BCUT2D eigenvalue weighted by Gasteiger charge is -1.91. The third-order valence-corrected chi connectivity index (χ3v) is 2.70. The standard InChI is InChI=1S/C9H6O2.C2H6O3S/c10-9-8-4-2-1-3-7(8)5-6-11-9;1-2-6(3,4)5/h1-6H;2H2,1H3,(H,3,4,5). The maximum absolute atomic E-state index is 11.0. The Kier molecular flexibility index (Phi) is 4.42. The van der Waals surface area contributed by atoms with Crippen LogP contribution >= 0.6 is 0 Å². The third-order valence-electron chi connectivity index (χ3n) is 1.97. The van der Waals surface area contributed by atoms with Gasteiger partial charge in [0.2, 0.25) is 0 Å². The van der Waals surface area contributed by atoms with Crippen LogP contribution in [0.25, 0.3) is 10.8 Å². The average Bonchev–Trinajstić information content (AvgIpc) is 2.30. The first kappa shape index (κ1) is 13.4. The quantitative estimate of drug-likeness (QED) is 0.785. The zero-order valence-electron chi connectivity index (χ0n) is 9.16. The predicted molar refractivity (Wildman–Crippen MR) is 64.6 cm³/mol. The first-order valence-corrected chi connectivity index (χ1v) is 6.46. The summed E-state index contributed by atoms with van der Waals surface area (Å²) < 4.78 is 31.6. The molecule has 0 amide bonds. The minimum absolute atomic E-state index is 0.201. The Balaban J connectivity index is 0.000000209. The second kappa shape index (κ2) is 5.60. The maximum Gasteiger partial charge on any atom is 0.343 e. The molecular weight excluding hydrogens is 244 g/mol. The van der Waals surface area contributed by atoms with Crippen molar-refractivity contribution in [1.29, 1.82) is 0 Å². The van der Waals surface area contributed by atoms with E-state index in [0.29, 0.717) is 5.39 Å². The molecule has 2 rings (SSSR count). The van der Waals surface area contributed by atoms with Crippen LogP contribution in [0.2, 0.25) is 0 Å². The van der Waals surface area contributed by atoms with Crippen LogP contribution in [0, 0.1) is 0 Å². The summed E-state index contributed by atoms with van der Waals surface area (Å²) in [5.74, 6) is -0.201. The first-order chi connectivity index (χ1) is 7.94. The molecule has 0 atom stereocenters. The highest BCUT2D eigenvalue weighted by molar-refractivity contribution is 7.85. The van der Waals surface area contributed by atoms with E-state index in [4.69, 9.17) is 4.55 Å².